The van der Waals surface area contributed by atoms with Gasteiger partial charge in [0.25, 0.3) is 0 Å². The van der Waals surface area contributed by atoms with Gasteiger partial charge in [-0.1, -0.05) is 0 Å². The summed E-state index contributed by atoms with van der Waals surface area (Å²) in [5.74, 6) is 0. The zero-order valence-electron chi connectivity index (χ0n) is 8.43. The first kappa shape index (κ1) is 12.3. The first-order valence-corrected chi connectivity index (χ1v) is 5.19. The van der Waals surface area contributed by atoms with Gasteiger partial charge in [0.15, 0.2) is 10.8 Å². The topological polar surface area (TPSA) is 28.2 Å². The number of nitrogens with one attached hydrogen (secondary N) is 1. The van der Waals surface area contributed by atoms with Crippen molar-refractivity contribution in [3.63, 3.8) is 0 Å². The van der Waals surface area contributed by atoms with Crippen molar-refractivity contribution in [2.45, 2.75) is 6.18 Å². The molecular formula is C8H12F3N3S. The number of aromatic nitrogens is 1. The quantitative estimate of drug-likeness (QED) is 0.872. The lowest BCUT2D eigenvalue weighted by molar-refractivity contribution is -0.140. The first-order chi connectivity index (χ1) is 6.89. The van der Waals surface area contributed by atoms with E-state index in [9.17, 15) is 13.2 Å². The zero-order chi connectivity index (χ0) is 11.5. The van der Waals surface area contributed by atoms with Crippen molar-refractivity contribution < 1.29 is 13.2 Å². The molecule has 0 aliphatic carbocycles. The van der Waals surface area contributed by atoms with Gasteiger partial charge >= 0.3 is 6.18 Å². The van der Waals surface area contributed by atoms with E-state index in [4.69, 9.17) is 0 Å². The fourth-order valence-corrected chi connectivity index (χ4v) is 1.62. The molecule has 0 saturated heterocycles. The van der Waals surface area contributed by atoms with E-state index < -0.39 is 11.9 Å². The highest BCUT2D eigenvalue weighted by Gasteiger charge is 2.33. The number of hydrogen-bond donors (Lipinski definition) is 1. The Morgan fingerprint density at radius 3 is 2.60 bits per heavy atom. The average Bonchev–Trinajstić information content (AvgIpc) is 2.51. The lowest BCUT2D eigenvalue weighted by atomic mass is 10.5. The molecule has 1 N–H and O–H groups in total. The number of thiazole rings is 1. The molecule has 0 aromatic carbocycles. The molecule has 0 amide bonds. The third-order valence-corrected chi connectivity index (χ3v) is 2.43. The van der Waals surface area contributed by atoms with E-state index in [2.05, 4.69) is 10.3 Å². The minimum absolute atomic E-state index is 0.309. The monoisotopic (exact) mass is 239 g/mol. The van der Waals surface area contributed by atoms with Crippen LogP contribution in [0.5, 0.6) is 0 Å². The summed E-state index contributed by atoms with van der Waals surface area (Å²) in [6.07, 6.45) is -4.35. The second-order valence-electron chi connectivity index (χ2n) is 3.27. The van der Waals surface area contributed by atoms with Crippen molar-refractivity contribution in [1.82, 2.24) is 9.88 Å². The van der Waals surface area contributed by atoms with Crippen LogP contribution in [-0.2, 0) is 6.18 Å². The molecule has 0 bridgehead atoms. The molecule has 1 rings (SSSR count). The zero-order valence-corrected chi connectivity index (χ0v) is 9.24. The molecule has 3 nitrogen and oxygen atoms in total. The minimum Gasteiger partial charge on any atom is -0.360 e. The number of hydrogen-bond acceptors (Lipinski definition) is 4. The molecule has 1 heterocycles. The number of rotatable bonds is 4. The summed E-state index contributed by atoms with van der Waals surface area (Å²) in [5, 5.41) is 4.16. The predicted octanol–water partition coefficient (Wildman–Crippen LogP) is 2.14. The van der Waals surface area contributed by atoms with E-state index in [1.54, 1.807) is 0 Å². The fourth-order valence-electron chi connectivity index (χ4n) is 0.872. The first-order valence-electron chi connectivity index (χ1n) is 4.31. The number of likely N-dealkylation sites (N-methyl/N-ethyl adjacent to an activating group) is 1. The van der Waals surface area contributed by atoms with Gasteiger partial charge in [-0.25, -0.2) is 4.98 Å². The lowest BCUT2D eigenvalue weighted by Gasteiger charge is -2.09. The van der Waals surface area contributed by atoms with E-state index in [0.717, 1.165) is 23.3 Å². The summed E-state index contributed by atoms with van der Waals surface area (Å²) in [7, 11) is 3.79. The largest absolute Gasteiger partial charge is 0.434 e. The van der Waals surface area contributed by atoms with Crippen LogP contribution >= 0.6 is 11.3 Å². The van der Waals surface area contributed by atoms with Crippen molar-refractivity contribution >= 4 is 16.5 Å². The van der Waals surface area contributed by atoms with Crippen molar-refractivity contribution in [3.05, 3.63) is 11.1 Å². The molecule has 0 atom stereocenters. The molecule has 15 heavy (non-hydrogen) atoms. The highest BCUT2D eigenvalue weighted by Crippen LogP contribution is 2.31. The van der Waals surface area contributed by atoms with Crippen LogP contribution in [0.25, 0.3) is 0 Å². The Morgan fingerprint density at radius 1 is 1.47 bits per heavy atom. The number of alkyl halides is 3. The van der Waals surface area contributed by atoms with E-state index in [1.807, 2.05) is 19.0 Å². The second-order valence-corrected chi connectivity index (χ2v) is 4.12. The molecule has 86 valence electrons. The van der Waals surface area contributed by atoms with Crippen LogP contribution in [0.15, 0.2) is 5.38 Å². The third kappa shape index (κ3) is 4.05. The molecular weight excluding hydrogens is 227 g/mol. The van der Waals surface area contributed by atoms with Gasteiger partial charge in [0, 0.05) is 18.5 Å². The molecule has 1 aromatic rings. The van der Waals surface area contributed by atoms with E-state index in [-0.39, 0.29) is 0 Å². The van der Waals surface area contributed by atoms with Crippen LogP contribution in [0.3, 0.4) is 0 Å². The SMILES string of the molecule is CN(C)CCNc1nc(C(F)(F)F)cs1. The molecule has 0 radical (unpaired) electrons. The molecule has 0 aliphatic rings. The van der Waals surface area contributed by atoms with E-state index in [1.165, 1.54) is 0 Å². The highest BCUT2D eigenvalue weighted by molar-refractivity contribution is 7.13. The Kier molecular flexibility index (Phi) is 3.92. The number of anilines is 1. The van der Waals surface area contributed by atoms with Crippen LogP contribution in [-0.4, -0.2) is 37.1 Å². The Hall–Kier alpha value is -0.820. The van der Waals surface area contributed by atoms with Crippen LogP contribution in [0.4, 0.5) is 18.3 Å². The smallest absolute Gasteiger partial charge is 0.360 e. The van der Waals surface area contributed by atoms with Crippen LogP contribution in [0, 0.1) is 0 Å². The summed E-state index contributed by atoms with van der Waals surface area (Å²) < 4.78 is 36.5. The maximum atomic E-state index is 12.2. The van der Waals surface area contributed by atoms with Gasteiger partial charge in [-0.3, -0.25) is 0 Å². The molecule has 0 saturated carbocycles. The van der Waals surface area contributed by atoms with Crippen molar-refractivity contribution in [2.24, 2.45) is 0 Å². The van der Waals surface area contributed by atoms with Crippen LogP contribution < -0.4 is 5.32 Å². The van der Waals surface area contributed by atoms with E-state index in [0.29, 0.717) is 11.7 Å². The van der Waals surface area contributed by atoms with Gasteiger partial charge in [-0.2, -0.15) is 13.2 Å². The van der Waals surface area contributed by atoms with Gasteiger partial charge in [-0.15, -0.1) is 11.3 Å². The van der Waals surface area contributed by atoms with Gasteiger partial charge in [0.1, 0.15) is 0 Å². The summed E-state index contributed by atoms with van der Waals surface area (Å²) in [6.45, 7) is 1.33. The normalized spacial score (nSPS) is 12.1. The predicted molar refractivity (Wildman–Crippen MR) is 54.2 cm³/mol. The summed E-state index contributed by atoms with van der Waals surface area (Å²) in [6, 6.07) is 0. The average molecular weight is 239 g/mol. The van der Waals surface area contributed by atoms with E-state index >= 15 is 0 Å². The van der Waals surface area contributed by atoms with Gasteiger partial charge < -0.3 is 10.2 Å². The highest BCUT2D eigenvalue weighted by atomic mass is 32.1. The number of halogens is 3. The lowest BCUT2D eigenvalue weighted by Crippen LogP contribution is -2.20. The Labute approximate surface area is 89.9 Å². The molecule has 1 aromatic heterocycles. The third-order valence-electron chi connectivity index (χ3n) is 1.63. The van der Waals surface area contributed by atoms with Crippen molar-refractivity contribution in [3.8, 4) is 0 Å². The minimum atomic E-state index is -4.35. The van der Waals surface area contributed by atoms with Gasteiger partial charge in [-0.05, 0) is 14.1 Å². The molecule has 0 unspecified atom stereocenters. The second kappa shape index (κ2) is 4.80. The summed E-state index contributed by atoms with van der Waals surface area (Å²) >= 11 is 0.967. The summed E-state index contributed by atoms with van der Waals surface area (Å²) in [5.41, 5.74) is -0.833. The van der Waals surface area contributed by atoms with Crippen molar-refractivity contribution in [2.75, 3.05) is 32.5 Å². The number of nitrogens with zero attached hydrogens (tertiary/aromatic N) is 2. The molecule has 0 spiro atoms. The molecule has 0 aliphatic heterocycles. The van der Waals surface area contributed by atoms with Gasteiger partial charge in [0.05, 0.1) is 0 Å². The van der Waals surface area contributed by atoms with Crippen molar-refractivity contribution in [1.29, 1.82) is 0 Å². The molecule has 0 fully saturated rings. The van der Waals surface area contributed by atoms with Crippen LogP contribution in [0.1, 0.15) is 5.69 Å². The maximum absolute atomic E-state index is 12.2. The maximum Gasteiger partial charge on any atom is 0.434 e. The Bertz CT molecular complexity index is 308. The fraction of sp³-hybridized carbons (Fsp3) is 0.625. The standard InChI is InChI=1S/C8H12F3N3S/c1-14(2)4-3-12-7-13-6(5-15-7)8(9,10)11/h5H,3-4H2,1-2H3,(H,12,13). The van der Waals surface area contributed by atoms with Gasteiger partial charge in [0.2, 0.25) is 0 Å². The Morgan fingerprint density at radius 2 is 2.13 bits per heavy atom. The molecule has 7 heteroatoms. The summed E-state index contributed by atoms with van der Waals surface area (Å²) in [4.78, 5) is 5.38. The Balaban J connectivity index is 2.47. The van der Waals surface area contributed by atoms with Crippen LogP contribution in [0.2, 0.25) is 0 Å².